The molecule has 3 N–H and O–H groups in total. The third-order valence-electron chi connectivity index (χ3n) is 2.22. The Morgan fingerprint density at radius 3 is 3.07 bits per heavy atom. The van der Waals surface area contributed by atoms with E-state index >= 15 is 0 Å². The van der Waals surface area contributed by atoms with E-state index in [4.69, 9.17) is 5.73 Å². The first-order valence-corrected chi connectivity index (χ1v) is 5.84. The van der Waals surface area contributed by atoms with Gasteiger partial charge in [-0.3, -0.25) is 0 Å². The Hall–Kier alpha value is -0.970. The highest BCUT2D eigenvalue weighted by Gasteiger charge is 2.14. The molecule has 1 unspecified atom stereocenters. The Bertz CT molecular complexity index is 281. The highest BCUT2D eigenvalue weighted by atomic mass is 32.2. The van der Waals surface area contributed by atoms with Gasteiger partial charge >= 0.3 is 0 Å². The zero-order valence-corrected chi connectivity index (χ0v) is 8.76. The summed E-state index contributed by atoms with van der Waals surface area (Å²) in [7, 11) is 0. The van der Waals surface area contributed by atoms with Gasteiger partial charge in [0.15, 0.2) is 0 Å². The van der Waals surface area contributed by atoms with E-state index in [0.29, 0.717) is 5.82 Å². The predicted octanol–water partition coefficient (Wildman–Crippen LogP) is 1.37. The lowest BCUT2D eigenvalue weighted by Gasteiger charge is -2.09. The number of nitrogen functional groups attached to an aromatic ring is 1. The highest BCUT2D eigenvalue weighted by Crippen LogP contribution is 2.25. The summed E-state index contributed by atoms with van der Waals surface area (Å²) < 4.78 is 0. The van der Waals surface area contributed by atoms with Crippen LogP contribution in [0.3, 0.4) is 0 Å². The largest absolute Gasteiger partial charge is 0.382 e. The van der Waals surface area contributed by atoms with Crippen molar-refractivity contribution in [3.63, 3.8) is 0 Å². The molecule has 1 aliphatic heterocycles. The lowest BCUT2D eigenvalue weighted by molar-refractivity contribution is 0.801. The lowest BCUT2D eigenvalue weighted by atomic mass is 10.2. The zero-order valence-electron chi connectivity index (χ0n) is 7.94. The molecular formula is C9H14N4S. The average molecular weight is 210 g/mol. The summed E-state index contributed by atoms with van der Waals surface area (Å²) in [5, 5.41) is 11.7. The minimum absolute atomic E-state index is 0.464. The summed E-state index contributed by atoms with van der Waals surface area (Å²) in [5.74, 6) is 2.57. The van der Waals surface area contributed by atoms with Crippen LogP contribution in [0.5, 0.6) is 0 Å². The number of aromatic nitrogens is 2. The fourth-order valence-electron chi connectivity index (χ4n) is 1.46. The normalized spacial score (nSPS) is 21.0. The van der Waals surface area contributed by atoms with Crippen molar-refractivity contribution in [1.82, 2.24) is 10.2 Å². The van der Waals surface area contributed by atoms with Gasteiger partial charge in [-0.2, -0.15) is 11.8 Å². The molecule has 1 fully saturated rings. The van der Waals surface area contributed by atoms with Gasteiger partial charge in [-0.15, -0.1) is 10.2 Å². The average Bonchev–Trinajstić information content (AvgIpc) is 2.70. The van der Waals surface area contributed by atoms with Gasteiger partial charge in [0.2, 0.25) is 0 Å². The van der Waals surface area contributed by atoms with Crippen LogP contribution in [0.15, 0.2) is 12.1 Å². The second-order valence-corrected chi connectivity index (χ2v) is 4.77. The number of rotatable bonds is 3. The van der Waals surface area contributed by atoms with E-state index in [0.717, 1.165) is 17.6 Å². The summed E-state index contributed by atoms with van der Waals surface area (Å²) in [6.07, 6.45) is 2.64. The van der Waals surface area contributed by atoms with Crippen LogP contribution < -0.4 is 11.1 Å². The first-order chi connectivity index (χ1) is 6.84. The molecule has 0 radical (unpaired) electrons. The lowest BCUT2D eigenvalue weighted by Crippen LogP contribution is -2.14. The number of nitrogens with one attached hydrogen (secondary N) is 1. The van der Waals surface area contributed by atoms with Crippen LogP contribution in [0.25, 0.3) is 0 Å². The maximum Gasteiger partial charge on any atom is 0.148 e. The van der Waals surface area contributed by atoms with Gasteiger partial charge in [-0.1, -0.05) is 0 Å². The van der Waals surface area contributed by atoms with E-state index in [2.05, 4.69) is 15.5 Å². The molecule has 1 atom stereocenters. The summed E-state index contributed by atoms with van der Waals surface area (Å²) >= 11 is 2.03. The van der Waals surface area contributed by atoms with Crippen LogP contribution in [0.1, 0.15) is 12.8 Å². The van der Waals surface area contributed by atoms with Crippen LogP contribution in [-0.2, 0) is 0 Å². The van der Waals surface area contributed by atoms with Crippen molar-refractivity contribution in [2.75, 3.05) is 23.3 Å². The van der Waals surface area contributed by atoms with Crippen molar-refractivity contribution in [3.8, 4) is 0 Å². The van der Waals surface area contributed by atoms with E-state index < -0.39 is 0 Å². The van der Waals surface area contributed by atoms with Crippen molar-refractivity contribution in [3.05, 3.63) is 12.1 Å². The van der Waals surface area contributed by atoms with E-state index in [-0.39, 0.29) is 0 Å². The summed E-state index contributed by atoms with van der Waals surface area (Å²) in [6.45, 7) is 0.975. The summed E-state index contributed by atoms with van der Waals surface area (Å²) in [5.41, 5.74) is 5.44. The molecule has 5 heteroatoms. The number of hydrogen-bond acceptors (Lipinski definition) is 5. The van der Waals surface area contributed by atoms with Gasteiger partial charge in [0, 0.05) is 11.8 Å². The van der Waals surface area contributed by atoms with E-state index in [1.54, 1.807) is 6.07 Å². The zero-order chi connectivity index (χ0) is 9.80. The van der Waals surface area contributed by atoms with Gasteiger partial charge in [0.25, 0.3) is 0 Å². The fourth-order valence-corrected chi connectivity index (χ4v) is 2.66. The Morgan fingerprint density at radius 1 is 1.50 bits per heavy atom. The third kappa shape index (κ3) is 2.51. The van der Waals surface area contributed by atoms with Gasteiger partial charge in [0.05, 0.1) is 0 Å². The van der Waals surface area contributed by atoms with Crippen LogP contribution in [0.2, 0.25) is 0 Å². The van der Waals surface area contributed by atoms with Gasteiger partial charge in [-0.25, -0.2) is 0 Å². The number of nitrogens with two attached hydrogens (primary N) is 1. The van der Waals surface area contributed by atoms with E-state index in [1.807, 2.05) is 17.8 Å². The van der Waals surface area contributed by atoms with E-state index in [9.17, 15) is 0 Å². The Labute approximate surface area is 87.7 Å². The summed E-state index contributed by atoms with van der Waals surface area (Å²) in [4.78, 5) is 0. The van der Waals surface area contributed by atoms with Crippen molar-refractivity contribution < 1.29 is 0 Å². The molecule has 1 aliphatic rings. The molecule has 1 saturated heterocycles. The first kappa shape index (κ1) is 9.58. The second kappa shape index (κ2) is 4.50. The molecule has 0 spiro atoms. The minimum Gasteiger partial charge on any atom is -0.382 e. The van der Waals surface area contributed by atoms with Crippen LogP contribution >= 0.6 is 11.8 Å². The molecule has 0 saturated carbocycles. The van der Waals surface area contributed by atoms with Crippen molar-refractivity contribution in [1.29, 1.82) is 0 Å². The van der Waals surface area contributed by atoms with E-state index in [1.165, 1.54) is 18.6 Å². The number of hydrogen-bond donors (Lipinski definition) is 2. The second-order valence-electron chi connectivity index (χ2n) is 3.36. The molecule has 0 aliphatic carbocycles. The van der Waals surface area contributed by atoms with Crippen LogP contribution in [0, 0.1) is 0 Å². The van der Waals surface area contributed by atoms with Gasteiger partial charge in [0.1, 0.15) is 11.6 Å². The molecule has 0 bridgehead atoms. The molecule has 0 amide bonds. The Kier molecular flexibility index (Phi) is 3.08. The summed E-state index contributed by atoms with van der Waals surface area (Å²) in [6, 6.07) is 3.62. The minimum atomic E-state index is 0.464. The maximum absolute atomic E-state index is 5.44. The van der Waals surface area contributed by atoms with Gasteiger partial charge < -0.3 is 11.1 Å². The smallest absolute Gasteiger partial charge is 0.148 e. The van der Waals surface area contributed by atoms with Crippen molar-refractivity contribution in [2.45, 2.75) is 18.1 Å². The third-order valence-corrected chi connectivity index (χ3v) is 3.62. The molecule has 14 heavy (non-hydrogen) atoms. The number of anilines is 2. The quantitative estimate of drug-likeness (QED) is 0.788. The monoisotopic (exact) mass is 210 g/mol. The van der Waals surface area contributed by atoms with Gasteiger partial charge in [-0.05, 0) is 30.7 Å². The molecule has 76 valence electrons. The number of nitrogens with zero attached hydrogens (tertiary/aromatic N) is 2. The van der Waals surface area contributed by atoms with Crippen molar-refractivity contribution in [2.24, 2.45) is 0 Å². The fraction of sp³-hybridized carbons (Fsp3) is 0.556. The molecular weight excluding hydrogens is 196 g/mol. The predicted molar refractivity (Wildman–Crippen MR) is 60.4 cm³/mol. The molecule has 2 rings (SSSR count). The molecule has 1 aromatic rings. The first-order valence-electron chi connectivity index (χ1n) is 4.79. The van der Waals surface area contributed by atoms with Crippen LogP contribution in [-0.4, -0.2) is 27.7 Å². The maximum atomic E-state index is 5.44. The molecule has 4 nitrogen and oxygen atoms in total. The Balaban J connectivity index is 1.82. The number of thioether (sulfide) groups is 1. The topological polar surface area (TPSA) is 63.8 Å². The van der Waals surface area contributed by atoms with Crippen molar-refractivity contribution >= 4 is 23.4 Å². The molecule has 0 aromatic carbocycles. The highest BCUT2D eigenvalue weighted by molar-refractivity contribution is 8.00. The molecule has 1 aromatic heterocycles. The van der Waals surface area contributed by atoms with Crippen LogP contribution in [0.4, 0.5) is 11.6 Å². The Morgan fingerprint density at radius 2 is 2.43 bits per heavy atom. The SMILES string of the molecule is Nc1ccc(NCC2CCCS2)nn1. The molecule has 2 heterocycles. The standard InChI is InChI=1S/C9H14N4S/c10-8-3-4-9(13-12-8)11-6-7-2-1-5-14-7/h3-4,7H,1-2,5-6H2,(H2,10,12)(H,11,13).